The van der Waals surface area contributed by atoms with Gasteiger partial charge in [-0.15, -0.1) is 0 Å². The molecule has 0 aliphatic rings. The van der Waals surface area contributed by atoms with Gasteiger partial charge in [0, 0.05) is 36.1 Å². The van der Waals surface area contributed by atoms with Crippen LogP contribution in [0, 0.1) is 11.3 Å². The predicted octanol–water partition coefficient (Wildman–Crippen LogP) is 2.76. The van der Waals surface area contributed by atoms with Crippen molar-refractivity contribution < 1.29 is 14.3 Å². The van der Waals surface area contributed by atoms with Crippen molar-refractivity contribution in [2.45, 2.75) is 19.4 Å². The van der Waals surface area contributed by atoms with Crippen LogP contribution in [0.2, 0.25) is 0 Å². The molecule has 7 heteroatoms. The lowest BCUT2D eigenvalue weighted by molar-refractivity contribution is -0.125. The van der Waals surface area contributed by atoms with E-state index in [0.29, 0.717) is 17.9 Å². The molecule has 2 aromatic carbocycles. The molecule has 142 valence electrons. The molecular weight excluding hydrogens is 356 g/mol. The van der Waals surface area contributed by atoms with Gasteiger partial charge in [0.1, 0.15) is 17.9 Å². The summed E-state index contributed by atoms with van der Waals surface area (Å²) in [5.74, 6) is -0.0526. The van der Waals surface area contributed by atoms with Crippen LogP contribution in [0.3, 0.4) is 0 Å². The Labute approximate surface area is 162 Å². The number of aromatic nitrogens is 1. The summed E-state index contributed by atoms with van der Waals surface area (Å²) < 4.78 is 5.19. The summed E-state index contributed by atoms with van der Waals surface area (Å²) in [4.78, 5) is 27.5. The molecule has 0 spiro atoms. The number of nitrogens with one attached hydrogen (secondary N) is 3. The van der Waals surface area contributed by atoms with E-state index in [0.717, 1.165) is 16.5 Å². The van der Waals surface area contributed by atoms with Crippen molar-refractivity contribution in [3.8, 4) is 11.8 Å². The largest absolute Gasteiger partial charge is 0.479 e. The lowest BCUT2D eigenvalue weighted by Gasteiger charge is -2.17. The average Bonchev–Trinajstić information content (AvgIpc) is 3.09. The molecular formula is C21H20N4O3. The number of carbonyl (C=O) groups excluding carboxylic acids is 2. The summed E-state index contributed by atoms with van der Waals surface area (Å²) in [6.07, 6.45) is 2.22. The normalized spacial score (nSPS) is 11.4. The van der Waals surface area contributed by atoms with E-state index in [1.54, 1.807) is 24.3 Å². The Hall–Kier alpha value is -3.79. The Bertz CT molecular complexity index is 1020. The fourth-order valence-electron chi connectivity index (χ4n) is 2.95. The number of fused-ring (bicyclic) bond motifs is 1. The molecule has 3 N–H and O–H groups in total. The third kappa shape index (κ3) is 4.68. The summed E-state index contributed by atoms with van der Waals surface area (Å²) in [7, 11) is 0. The van der Waals surface area contributed by atoms with Crippen LogP contribution in [0.25, 0.3) is 10.9 Å². The lowest BCUT2D eigenvalue weighted by Crippen LogP contribution is -2.44. The van der Waals surface area contributed by atoms with Crippen molar-refractivity contribution in [2.75, 3.05) is 11.9 Å². The quantitative estimate of drug-likeness (QED) is 0.589. The molecule has 2 amide bonds. The zero-order chi connectivity index (χ0) is 19.9. The minimum absolute atomic E-state index is 0.0407. The Balaban J connectivity index is 1.73. The molecule has 0 unspecified atom stereocenters. The Morgan fingerprint density at radius 3 is 2.64 bits per heavy atom. The zero-order valence-electron chi connectivity index (χ0n) is 15.4. The number of nitrogens with zero attached hydrogens (tertiary/aromatic N) is 1. The molecule has 0 radical (unpaired) electrons. The number of H-pyrrole nitrogens is 1. The number of carbonyl (C=O) groups is 2. The van der Waals surface area contributed by atoms with Gasteiger partial charge >= 0.3 is 0 Å². The molecule has 28 heavy (non-hydrogen) atoms. The molecule has 3 rings (SSSR count). The number of rotatable bonds is 7. The van der Waals surface area contributed by atoms with Crippen LogP contribution < -0.4 is 15.4 Å². The van der Waals surface area contributed by atoms with Crippen LogP contribution in [-0.4, -0.2) is 29.4 Å². The SMILES string of the molecule is CC(=O)N[C@@H](Cc1c[nH]c2ccccc12)C(=O)Nc1ccc(OCC#N)cc1. The topological polar surface area (TPSA) is 107 Å². The molecule has 1 atom stereocenters. The summed E-state index contributed by atoms with van der Waals surface area (Å²) in [6, 6.07) is 15.7. The minimum atomic E-state index is -0.716. The maximum Gasteiger partial charge on any atom is 0.247 e. The van der Waals surface area contributed by atoms with Gasteiger partial charge in [-0.25, -0.2) is 0 Å². The van der Waals surface area contributed by atoms with E-state index in [1.165, 1.54) is 6.92 Å². The maximum absolute atomic E-state index is 12.8. The van der Waals surface area contributed by atoms with Crippen LogP contribution >= 0.6 is 0 Å². The fourth-order valence-corrected chi connectivity index (χ4v) is 2.95. The smallest absolute Gasteiger partial charge is 0.247 e. The van der Waals surface area contributed by atoms with Gasteiger partial charge in [-0.05, 0) is 35.9 Å². The van der Waals surface area contributed by atoms with Crippen LogP contribution in [0.4, 0.5) is 5.69 Å². The second kappa shape index (κ2) is 8.73. The molecule has 0 saturated heterocycles. The third-order valence-electron chi connectivity index (χ3n) is 4.22. The maximum atomic E-state index is 12.8. The second-order valence-corrected chi connectivity index (χ2v) is 6.28. The first kappa shape index (κ1) is 19.0. The summed E-state index contributed by atoms with van der Waals surface area (Å²) in [6.45, 7) is 1.35. The number of anilines is 1. The van der Waals surface area contributed by atoms with Crippen molar-refractivity contribution in [3.05, 3.63) is 60.3 Å². The van der Waals surface area contributed by atoms with E-state index in [4.69, 9.17) is 10.00 Å². The highest BCUT2D eigenvalue weighted by Gasteiger charge is 2.21. The van der Waals surface area contributed by atoms with Gasteiger partial charge in [-0.1, -0.05) is 18.2 Å². The monoisotopic (exact) mass is 376 g/mol. The van der Waals surface area contributed by atoms with Gasteiger partial charge in [0.25, 0.3) is 0 Å². The van der Waals surface area contributed by atoms with Crippen molar-refractivity contribution in [2.24, 2.45) is 0 Å². The van der Waals surface area contributed by atoms with Gasteiger partial charge in [-0.3, -0.25) is 9.59 Å². The number of hydrogen-bond donors (Lipinski definition) is 3. The second-order valence-electron chi connectivity index (χ2n) is 6.28. The molecule has 0 fully saturated rings. The highest BCUT2D eigenvalue weighted by molar-refractivity contribution is 5.97. The molecule has 0 aliphatic carbocycles. The molecule has 7 nitrogen and oxygen atoms in total. The first-order valence-electron chi connectivity index (χ1n) is 8.79. The van der Waals surface area contributed by atoms with E-state index >= 15 is 0 Å². The van der Waals surface area contributed by atoms with Gasteiger partial charge in [0.15, 0.2) is 6.61 Å². The first-order valence-corrected chi connectivity index (χ1v) is 8.79. The zero-order valence-corrected chi connectivity index (χ0v) is 15.4. The first-order chi connectivity index (χ1) is 13.6. The molecule has 1 aromatic heterocycles. The van der Waals surface area contributed by atoms with E-state index in [9.17, 15) is 9.59 Å². The average molecular weight is 376 g/mol. The molecule has 0 bridgehead atoms. The number of hydrogen-bond acceptors (Lipinski definition) is 4. The van der Waals surface area contributed by atoms with Gasteiger partial charge < -0.3 is 20.4 Å². The van der Waals surface area contributed by atoms with Gasteiger partial charge in [0.2, 0.25) is 11.8 Å². The van der Waals surface area contributed by atoms with Gasteiger partial charge in [0.05, 0.1) is 0 Å². The van der Waals surface area contributed by atoms with Crippen LogP contribution in [0.15, 0.2) is 54.7 Å². The Morgan fingerprint density at radius 1 is 1.18 bits per heavy atom. The fraction of sp³-hybridized carbons (Fsp3) is 0.190. The summed E-state index contributed by atoms with van der Waals surface area (Å²) >= 11 is 0. The van der Waals surface area contributed by atoms with Crippen LogP contribution in [-0.2, 0) is 16.0 Å². The van der Waals surface area contributed by atoms with Crippen molar-refractivity contribution in [1.82, 2.24) is 10.3 Å². The van der Waals surface area contributed by atoms with E-state index in [-0.39, 0.29) is 18.4 Å². The predicted molar refractivity (Wildman–Crippen MR) is 106 cm³/mol. The number of benzene rings is 2. The number of aromatic amines is 1. The van der Waals surface area contributed by atoms with Crippen molar-refractivity contribution in [1.29, 1.82) is 5.26 Å². The lowest BCUT2D eigenvalue weighted by atomic mass is 10.0. The highest BCUT2D eigenvalue weighted by Crippen LogP contribution is 2.20. The van der Waals surface area contributed by atoms with Crippen LogP contribution in [0.1, 0.15) is 12.5 Å². The summed E-state index contributed by atoms with van der Waals surface area (Å²) in [5, 5.41) is 15.1. The Morgan fingerprint density at radius 2 is 1.93 bits per heavy atom. The molecule has 3 aromatic rings. The summed E-state index contributed by atoms with van der Waals surface area (Å²) in [5.41, 5.74) is 2.50. The Kier molecular flexibility index (Phi) is 5.92. The number of amides is 2. The molecule has 0 saturated carbocycles. The van der Waals surface area contributed by atoms with Crippen molar-refractivity contribution >= 4 is 28.4 Å². The highest BCUT2D eigenvalue weighted by atomic mass is 16.5. The van der Waals surface area contributed by atoms with Gasteiger partial charge in [-0.2, -0.15) is 5.26 Å². The third-order valence-corrected chi connectivity index (χ3v) is 4.22. The minimum Gasteiger partial charge on any atom is -0.479 e. The van der Waals surface area contributed by atoms with E-state index < -0.39 is 6.04 Å². The van der Waals surface area contributed by atoms with Crippen LogP contribution in [0.5, 0.6) is 5.75 Å². The molecule has 1 heterocycles. The number of ether oxygens (including phenoxy) is 1. The van der Waals surface area contributed by atoms with E-state index in [1.807, 2.05) is 36.5 Å². The van der Waals surface area contributed by atoms with E-state index in [2.05, 4.69) is 15.6 Å². The standard InChI is InChI=1S/C21H20N4O3/c1-14(26)24-20(12-15-13-23-19-5-3-2-4-18(15)19)21(27)25-16-6-8-17(9-7-16)28-11-10-22/h2-9,13,20,23H,11-12H2,1H3,(H,24,26)(H,25,27)/t20-/m0/s1. The van der Waals surface area contributed by atoms with Crippen molar-refractivity contribution in [3.63, 3.8) is 0 Å². The number of para-hydroxylation sites is 1. The molecule has 0 aliphatic heterocycles. The number of nitriles is 1.